The van der Waals surface area contributed by atoms with Crippen LogP contribution in [0.2, 0.25) is 10.2 Å². The fraction of sp³-hybridized carbons (Fsp3) is 0.667. The first-order valence-corrected chi connectivity index (χ1v) is 8.34. The van der Waals surface area contributed by atoms with Crippen molar-refractivity contribution >= 4 is 53.1 Å². The molecule has 9 heteroatoms. The Morgan fingerprint density at radius 1 is 1.38 bits per heavy atom. The predicted molar refractivity (Wildman–Crippen MR) is 109 cm³/mol. The summed E-state index contributed by atoms with van der Waals surface area (Å²) in [6.07, 6.45) is 1.74. The van der Waals surface area contributed by atoms with E-state index in [-0.39, 0.29) is 29.6 Å². The standard InChI is InChI=1S/C15H24Cl2N4O2.HI/c1-18-14(19-9-11-8-12(16)13(17)21(11)2)20-10-15(22-3)4-6-23-7-5-15;/h8H,4-7,9-10H2,1-3H3,(H2,18,19,20);1H. The molecule has 138 valence electrons. The van der Waals surface area contributed by atoms with Crippen molar-refractivity contribution in [1.29, 1.82) is 0 Å². The lowest BCUT2D eigenvalue weighted by atomic mass is 9.94. The highest BCUT2D eigenvalue weighted by molar-refractivity contribution is 14.0. The largest absolute Gasteiger partial charge is 0.381 e. The van der Waals surface area contributed by atoms with Gasteiger partial charge in [-0.25, -0.2) is 0 Å². The first-order valence-electron chi connectivity index (χ1n) is 7.58. The van der Waals surface area contributed by atoms with Gasteiger partial charge in [0.2, 0.25) is 0 Å². The van der Waals surface area contributed by atoms with Crippen LogP contribution in [-0.2, 0) is 23.1 Å². The highest BCUT2D eigenvalue weighted by atomic mass is 127. The average molecular weight is 491 g/mol. The van der Waals surface area contributed by atoms with E-state index in [1.165, 1.54) is 0 Å². The summed E-state index contributed by atoms with van der Waals surface area (Å²) >= 11 is 12.1. The lowest BCUT2D eigenvalue weighted by molar-refractivity contribution is -0.0855. The summed E-state index contributed by atoms with van der Waals surface area (Å²) in [5.74, 6) is 0.710. The second kappa shape index (κ2) is 10.1. The van der Waals surface area contributed by atoms with E-state index in [0.29, 0.717) is 29.2 Å². The minimum atomic E-state index is -0.201. The molecule has 1 aliphatic rings. The van der Waals surface area contributed by atoms with Gasteiger partial charge in [-0.2, -0.15) is 0 Å². The van der Waals surface area contributed by atoms with Gasteiger partial charge in [-0.05, 0) is 6.07 Å². The van der Waals surface area contributed by atoms with Crippen LogP contribution in [-0.4, -0.2) is 50.0 Å². The minimum absolute atomic E-state index is 0. The van der Waals surface area contributed by atoms with Crippen molar-refractivity contribution in [3.05, 3.63) is 21.9 Å². The van der Waals surface area contributed by atoms with Gasteiger partial charge < -0.3 is 24.7 Å². The molecule has 2 N–H and O–H groups in total. The number of ether oxygens (including phenoxy) is 2. The zero-order valence-corrected chi connectivity index (χ0v) is 18.0. The van der Waals surface area contributed by atoms with Gasteiger partial charge in [-0.1, -0.05) is 23.2 Å². The molecule has 0 amide bonds. The molecular formula is C15H25Cl2IN4O2. The number of hydrogen-bond donors (Lipinski definition) is 2. The van der Waals surface area contributed by atoms with Crippen molar-refractivity contribution in [2.45, 2.75) is 25.0 Å². The molecule has 1 fully saturated rings. The van der Waals surface area contributed by atoms with Crippen LogP contribution in [0.5, 0.6) is 0 Å². The molecule has 1 saturated heterocycles. The summed E-state index contributed by atoms with van der Waals surface area (Å²) in [4.78, 5) is 4.24. The van der Waals surface area contributed by atoms with E-state index in [4.69, 9.17) is 32.7 Å². The topological polar surface area (TPSA) is 59.8 Å². The van der Waals surface area contributed by atoms with Crippen LogP contribution >= 0.6 is 47.2 Å². The number of methoxy groups -OCH3 is 1. The monoisotopic (exact) mass is 490 g/mol. The molecule has 0 radical (unpaired) electrons. The molecule has 24 heavy (non-hydrogen) atoms. The van der Waals surface area contributed by atoms with E-state index in [2.05, 4.69) is 15.6 Å². The molecule has 2 rings (SSSR count). The van der Waals surface area contributed by atoms with E-state index in [1.807, 2.05) is 17.7 Å². The maximum atomic E-state index is 6.08. The Bertz CT molecular complexity index is 560. The van der Waals surface area contributed by atoms with Gasteiger partial charge in [-0.15, -0.1) is 24.0 Å². The third kappa shape index (κ3) is 5.39. The van der Waals surface area contributed by atoms with Crippen molar-refractivity contribution in [3.63, 3.8) is 0 Å². The molecule has 0 spiro atoms. The van der Waals surface area contributed by atoms with Crippen molar-refractivity contribution in [3.8, 4) is 0 Å². The summed E-state index contributed by atoms with van der Waals surface area (Å²) < 4.78 is 13.0. The predicted octanol–water partition coefficient (Wildman–Crippen LogP) is 2.81. The SMILES string of the molecule is CN=C(NCc1cc(Cl)c(Cl)n1C)NCC1(OC)CCOCC1.I. The molecule has 0 saturated carbocycles. The van der Waals surface area contributed by atoms with Crippen LogP contribution in [0.3, 0.4) is 0 Å². The first-order chi connectivity index (χ1) is 11.0. The van der Waals surface area contributed by atoms with Crippen molar-refractivity contribution in [2.24, 2.45) is 12.0 Å². The zero-order chi connectivity index (χ0) is 16.9. The minimum Gasteiger partial charge on any atom is -0.381 e. The van der Waals surface area contributed by atoms with E-state index < -0.39 is 0 Å². The van der Waals surface area contributed by atoms with Gasteiger partial charge >= 0.3 is 0 Å². The van der Waals surface area contributed by atoms with Gasteiger partial charge in [0.05, 0.1) is 17.2 Å². The Balaban J connectivity index is 0.00000288. The fourth-order valence-electron chi connectivity index (χ4n) is 2.59. The first kappa shape index (κ1) is 21.8. The van der Waals surface area contributed by atoms with Gasteiger partial charge in [0.1, 0.15) is 5.15 Å². The van der Waals surface area contributed by atoms with Crippen LogP contribution < -0.4 is 10.6 Å². The van der Waals surface area contributed by atoms with Gasteiger partial charge in [0.25, 0.3) is 0 Å². The van der Waals surface area contributed by atoms with Crippen molar-refractivity contribution < 1.29 is 9.47 Å². The smallest absolute Gasteiger partial charge is 0.191 e. The average Bonchev–Trinajstić information content (AvgIpc) is 2.83. The number of nitrogens with one attached hydrogen (secondary N) is 2. The van der Waals surface area contributed by atoms with Gasteiger partial charge in [0, 0.05) is 59.5 Å². The fourth-order valence-corrected chi connectivity index (χ4v) is 3.01. The Morgan fingerprint density at radius 3 is 2.54 bits per heavy atom. The molecule has 0 unspecified atom stereocenters. The molecule has 2 heterocycles. The van der Waals surface area contributed by atoms with Gasteiger partial charge in [0.15, 0.2) is 5.96 Å². The number of halogens is 3. The highest BCUT2D eigenvalue weighted by Crippen LogP contribution is 2.25. The summed E-state index contributed by atoms with van der Waals surface area (Å²) in [5.41, 5.74) is 0.781. The number of nitrogens with zero attached hydrogens (tertiary/aromatic N) is 2. The van der Waals surface area contributed by atoms with Crippen LogP contribution in [0.1, 0.15) is 18.5 Å². The lowest BCUT2D eigenvalue weighted by Gasteiger charge is -2.36. The molecule has 6 nitrogen and oxygen atoms in total. The Labute approximate surface area is 170 Å². The molecule has 1 aliphatic heterocycles. The third-order valence-electron chi connectivity index (χ3n) is 4.29. The van der Waals surface area contributed by atoms with Crippen LogP contribution in [0.25, 0.3) is 0 Å². The molecule has 1 aromatic heterocycles. The highest BCUT2D eigenvalue weighted by Gasteiger charge is 2.32. The number of aromatic nitrogens is 1. The van der Waals surface area contributed by atoms with Crippen LogP contribution in [0, 0.1) is 0 Å². The maximum absolute atomic E-state index is 6.08. The summed E-state index contributed by atoms with van der Waals surface area (Å²) in [6.45, 7) is 2.71. The van der Waals surface area contributed by atoms with E-state index >= 15 is 0 Å². The van der Waals surface area contributed by atoms with Gasteiger partial charge in [-0.3, -0.25) is 4.99 Å². The Hall–Kier alpha value is -0.220. The quantitative estimate of drug-likeness (QED) is 0.378. The summed E-state index contributed by atoms with van der Waals surface area (Å²) in [5, 5.41) is 7.67. The normalized spacial score (nSPS) is 17.3. The second-order valence-corrected chi connectivity index (χ2v) is 6.38. The van der Waals surface area contributed by atoms with Crippen molar-refractivity contribution in [2.75, 3.05) is 33.9 Å². The molecule has 0 bridgehead atoms. The zero-order valence-electron chi connectivity index (χ0n) is 14.2. The number of aliphatic imine (C=N–C) groups is 1. The van der Waals surface area contributed by atoms with Crippen LogP contribution in [0.15, 0.2) is 11.1 Å². The van der Waals surface area contributed by atoms with E-state index in [0.717, 1.165) is 31.7 Å². The molecule has 0 atom stereocenters. The second-order valence-electron chi connectivity index (χ2n) is 5.61. The number of rotatable bonds is 5. The lowest BCUT2D eigenvalue weighted by Crippen LogP contribution is -2.50. The Morgan fingerprint density at radius 2 is 2.04 bits per heavy atom. The molecule has 0 aliphatic carbocycles. The summed E-state index contributed by atoms with van der Waals surface area (Å²) in [6, 6.07) is 1.85. The molecule has 0 aromatic carbocycles. The Kier molecular flexibility index (Phi) is 9.14. The number of guanidine groups is 1. The molecular weight excluding hydrogens is 466 g/mol. The van der Waals surface area contributed by atoms with E-state index in [1.54, 1.807) is 14.2 Å². The number of hydrogen-bond acceptors (Lipinski definition) is 3. The summed E-state index contributed by atoms with van der Waals surface area (Å²) in [7, 11) is 5.37. The molecule has 1 aromatic rings. The van der Waals surface area contributed by atoms with Crippen molar-refractivity contribution in [1.82, 2.24) is 15.2 Å². The van der Waals surface area contributed by atoms with Crippen LogP contribution in [0.4, 0.5) is 0 Å². The van der Waals surface area contributed by atoms with E-state index in [9.17, 15) is 0 Å². The third-order valence-corrected chi connectivity index (χ3v) is 5.13. The maximum Gasteiger partial charge on any atom is 0.191 e.